The second-order valence-corrected chi connectivity index (χ2v) is 12.6. The van der Waals surface area contributed by atoms with Gasteiger partial charge in [-0.15, -0.1) is 0 Å². The van der Waals surface area contributed by atoms with E-state index in [1.165, 1.54) is 38.5 Å². The highest BCUT2D eigenvalue weighted by atomic mass is 16.3. The number of fused-ring (bicyclic) bond motifs is 5. The summed E-state index contributed by atoms with van der Waals surface area (Å²) in [5, 5.41) is 30.6. The maximum atomic E-state index is 10.3. The van der Waals surface area contributed by atoms with Crippen LogP contribution in [0.25, 0.3) is 0 Å². The Morgan fingerprint density at radius 3 is 2.50 bits per heavy atom. The number of aliphatic hydroxyl groups is 3. The first-order chi connectivity index (χ1) is 14.0. The van der Waals surface area contributed by atoms with Crippen LogP contribution in [-0.4, -0.2) is 33.1 Å². The summed E-state index contributed by atoms with van der Waals surface area (Å²) in [6.45, 7) is 10.9. The first-order valence-electron chi connectivity index (χ1n) is 12.7. The van der Waals surface area contributed by atoms with E-state index in [0.717, 1.165) is 42.9 Å². The van der Waals surface area contributed by atoms with Gasteiger partial charge in [0.2, 0.25) is 0 Å². The number of aliphatic hydroxyl groups excluding tert-OH is 2. The molecule has 0 bridgehead atoms. The van der Waals surface area contributed by atoms with Crippen LogP contribution in [0.4, 0.5) is 0 Å². The summed E-state index contributed by atoms with van der Waals surface area (Å²) in [6, 6.07) is 0. The van der Waals surface area contributed by atoms with E-state index in [2.05, 4.69) is 26.8 Å². The minimum atomic E-state index is -1.00. The SMILES string of the molecule is CC(CCC(O)C(C)(C)O)C1CCC2C3CC=C4CC(O)CCC4(C)C3CCC12C. The topological polar surface area (TPSA) is 60.7 Å². The Kier molecular flexibility index (Phi) is 5.99. The zero-order valence-electron chi connectivity index (χ0n) is 20.0. The Morgan fingerprint density at radius 1 is 1.07 bits per heavy atom. The fraction of sp³-hybridized carbons (Fsp3) is 0.926. The van der Waals surface area contributed by atoms with E-state index < -0.39 is 11.7 Å². The molecule has 9 atom stereocenters. The zero-order valence-corrected chi connectivity index (χ0v) is 20.0. The van der Waals surface area contributed by atoms with Crippen molar-refractivity contribution in [2.45, 2.75) is 117 Å². The molecule has 0 aromatic carbocycles. The molecule has 0 amide bonds. The van der Waals surface area contributed by atoms with Crippen LogP contribution in [0.15, 0.2) is 11.6 Å². The van der Waals surface area contributed by atoms with E-state index in [9.17, 15) is 15.3 Å². The molecule has 4 aliphatic carbocycles. The van der Waals surface area contributed by atoms with E-state index in [1.54, 1.807) is 19.4 Å². The lowest BCUT2D eigenvalue weighted by molar-refractivity contribution is -0.0656. The van der Waals surface area contributed by atoms with Crippen LogP contribution in [0.1, 0.15) is 98.8 Å². The fourth-order valence-corrected chi connectivity index (χ4v) is 8.59. The van der Waals surface area contributed by atoms with Crippen LogP contribution in [0.3, 0.4) is 0 Å². The summed E-state index contributed by atoms with van der Waals surface area (Å²) in [6.07, 6.45) is 13.1. The van der Waals surface area contributed by atoms with Gasteiger partial charge >= 0.3 is 0 Å². The van der Waals surface area contributed by atoms with Gasteiger partial charge in [-0.3, -0.25) is 0 Å². The van der Waals surface area contributed by atoms with Crippen LogP contribution < -0.4 is 0 Å². The van der Waals surface area contributed by atoms with Crippen molar-refractivity contribution in [2.75, 3.05) is 0 Å². The first kappa shape index (κ1) is 22.8. The summed E-state index contributed by atoms with van der Waals surface area (Å²) in [5.41, 5.74) is 1.31. The van der Waals surface area contributed by atoms with E-state index in [-0.39, 0.29) is 6.10 Å². The minimum absolute atomic E-state index is 0.120. The van der Waals surface area contributed by atoms with Crippen LogP contribution in [0.2, 0.25) is 0 Å². The summed E-state index contributed by atoms with van der Waals surface area (Å²) in [7, 11) is 0. The molecule has 0 saturated heterocycles. The van der Waals surface area contributed by atoms with Gasteiger partial charge in [-0.2, -0.15) is 0 Å². The Hall–Kier alpha value is -0.380. The molecular formula is C27H46O3. The van der Waals surface area contributed by atoms with Gasteiger partial charge in [0, 0.05) is 0 Å². The van der Waals surface area contributed by atoms with Crippen molar-refractivity contribution in [1.82, 2.24) is 0 Å². The Bertz CT molecular complexity index is 664. The van der Waals surface area contributed by atoms with E-state index in [0.29, 0.717) is 23.2 Å². The quantitative estimate of drug-likeness (QED) is 0.519. The summed E-state index contributed by atoms with van der Waals surface area (Å²) in [5.74, 6) is 3.78. The summed E-state index contributed by atoms with van der Waals surface area (Å²) in [4.78, 5) is 0. The molecule has 172 valence electrons. The van der Waals surface area contributed by atoms with Gasteiger partial charge in [0.25, 0.3) is 0 Å². The van der Waals surface area contributed by atoms with Crippen molar-refractivity contribution in [2.24, 2.45) is 40.4 Å². The normalized spacial score (nSPS) is 45.7. The fourth-order valence-electron chi connectivity index (χ4n) is 8.59. The molecule has 3 fully saturated rings. The second-order valence-electron chi connectivity index (χ2n) is 12.6. The third-order valence-electron chi connectivity index (χ3n) is 10.5. The van der Waals surface area contributed by atoms with Crippen molar-refractivity contribution in [1.29, 1.82) is 0 Å². The molecule has 4 rings (SSSR count). The van der Waals surface area contributed by atoms with Crippen LogP contribution >= 0.6 is 0 Å². The highest BCUT2D eigenvalue weighted by Gasteiger charge is 2.59. The van der Waals surface area contributed by atoms with E-state index in [4.69, 9.17) is 0 Å². The third kappa shape index (κ3) is 3.71. The molecule has 3 heteroatoms. The van der Waals surface area contributed by atoms with Crippen LogP contribution in [0, 0.1) is 40.4 Å². The van der Waals surface area contributed by atoms with E-state index in [1.807, 2.05) is 0 Å². The van der Waals surface area contributed by atoms with Gasteiger partial charge in [0.05, 0.1) is 17.8 Å². The lowest BCUT2D eigenvalue weighted by atomic mass is 9.47. The third-order valence-corrected chi connectivity index (χ3v) is 10.5. The van der Waals surface area contributed by atoms with Crippen molar-refractivity contribution in [3.8, 4) is 0 Å². The predicted octanol–water partition coefficient (Wildman–Crippen LogP) is 5.47. The first-order valence-corrected chi connectivity index (χ1v) is 12.7. The molecule has 0 aromatic rings. The Labute approximate surface area is 184 Å². The molecule has 3 saturated carbocycles. The zero-order chi connectivity index (χ0) is 21.9. The molecule has 4 aliphatic rings. The minimum Gasteiger partial charge on any atom is -0.393 e. The number of allylic oxidation sites excluding steroid dienone is 1. The van der Waals surface area contributed by atoms with Crippen molar-refractivity contribution < 1.29 is 15.3 Å². The molecule has 0 radical (unpaired) electrons. The highest BCUT2D eigenvalue weighted by molar-refractivity contribution is 5.25. The van der Waals surface area contributed by atoms with Gasteiger partial charge in [0.1, 0.15) is 0 Å². The van der Waals surface area contributed by atoms with E-state index >= 15 is 0 Å². The van der Waals surface area contributed by atoms with Crippen LogP contribution in [-0.2, 0) is 0 Å². The summed E-state index contributed by atoms with van der Waals surface area (Å²) < 4.78 is 0. The van der Waals surface area contributed by atoms with Gasteiger partial charge in [-0.05, 0) is 118 Å². The monoisotopic (exact) mass is 418 g/mol. The Morgan fingerprint density at radius 2 is 1.80 bits per heavy atom. The largest absolute Gasteiger partial charge is 0.393 e. The maximum Gasteiger partial charge on any atom is 0.0849 e. The number of rotatable bonds is 5. The number of hydrogen-bond donors (Lipinski definition) is 3. The molecule has 3 nitrogen and oxygen atoms in total. The van der Waals surface area contributed by atoms with Gasteiger partial charge in [-0.1, -0.05) is 32.4 Å². The van der Waals surface area contributed by atoms with Crippen LogP contribution in [0.5, 0.6) is 0 Å². The molecule has 3 N–H and O–H groups in total. The van der Waals surface area contributed by atoms with Crippen molar-refractivity contribution in [3.05, 3.63) is 11.6 Å². The van der Waals surface area contributed by atoms with Gasteiger partial charge in [-0.25, -0.2) is 0 Å². The average Bonchev–Trinajstić information content (AvgIpc) is 3.03. The summed E-state index contributed by atoms with van der Waals surface area (Å²) >= 11 is 0. The average molecular weight is 419 g/mol. The number of hydrogen-bond acceptors (Lipinski definition) is 3. The lowest BCUT2D eigenvalue weighted by Crippen LogP contribution is -2.50. The highest BCUT2D eigenvalue weighted by Crippen LogP contribution is 2.67. The molecule has 0 aromatic heterocycles. The van der Waals surface area contributed by atoms with Gasteiger partial charge < -0.3 is 15.3 Å². The smallest absolute Gasteiger partial charge is 0.0849 e. The molecule has 0 heterocycles. The molecule has 0 aliphatic heterocycles. The molecular weight excluding hydrogens is 372 g/mol. The van der Waals surface area contributed by atoms with Crippen molar-refractivity contribution in [3.63, 3.8) is 0 Å². The second kappa shape index (κ2) is 7.89. The Balaban J connectivity index is 1.47. The predicted molar refractivity (Wildman–Crippen MR) is 122 cm³/mol. The molecule has 0 spiro atoms. The van der Waals surface area contributed by atoms with Crippen molar-refractivity contribution >= 4 is 0 Å². The molecule has 30 heavy (non-hydrogen) atoms. The van der Waals surface area contributed by atoms with Gasteiger partial charge in [0.15, 0.2) is 0 Å². The molecule has 9 unspecified atom stereocenters. The standard InChI is InChI=1S/C27H46O3/c1-17(6-11-24(29)25(2,3)30)21-9-10-22-20-8-7-18-16-19(28)12-14-26(18,4)23(20)13-15-27(21,22)5/h7,17,19-24,28-30H,6,8-16H2,1-5H3. The lowest BCUT2D eigenvalue weighted by Gasteiger charge is -2.58. The maximum absolute atomic E-state index is 10.3.